The summed E-state index contributed by atoms with van der Waals surface area (Å²) in [5, 5.41) is 0. The molecule has 3 nitrogen and oxygen atoms in total. The molecule has 3 unspecified atom stereocenters. The molecule has 6 heteroatoms. The van der Waals surface area contributed by atoms with Gasteiger partial charge in [-0.2, -0.15) is 13.2 Å². The van der Waals surface area contributed by atoms with E-state index in [0.717, 1.165) is 30.6 Å². The van der Waals surface area contributed by atoms with Crippen LogP contribution < -0.4 is 5.73 Å². The fraction of sp³-hybridized carbons (Fsp3) is 0.923. The molecule has 1 aliphatic rings. The molecule has 0 aromatic carbocycles. The number of nitrogens with zero attached hydrogens (tertiary/aromatic N) is 1. The van der Waals surface area contributed by atoms with Gasteiger partial charge in [-0.05, 0) is 32.1 Å². The highest BCUT2D eigenvalue weighted by Gasteiger charge is 2.36. The first-order valence-corrected chi connectivity index (χ1v) is 6.85. The maximum atomic E-state index is 12.4. The number of rotatable bonds is 4. The Balaban J connectivity index is 2.63. The molecule has 19 heavy (non-hydrogen) atoms. The van der Waals surface area contributed by atoms with Crippen LogP contribution in [0.5, 0.6) is 0 Å². The number of hydrogen-bond donors (Lipinski definition) is 1. The summed E-state index contributed by atoms with van der Waals surface area (Å²) in [7, 11) is 0. The van der Waals surface area contributed by atoms with Crippen LogP contribution in [0, 0.1) is 11.8 Å². The molecule has 1 saturated carbocycles. The number of nitrogens with two attached hydrogens (primary N) is 1. The second-order valence-electron chi connectivity index (χ2n) is 5.44. The van der Waals surface area contributed by atoms with Crippen molar-refractivity contribution in [2.24, 2.45) is 17.6 Å². The van der Waals surface area contributed by atoms with Gasteiger partial charge < -0.3 is 10.6 Å². The number of halogens is 3. The van der Waals surface area contributed by atoms with E-state index in [1.54, 1.807) is 13.8 Å². The second kappa shape index (κ2) is 6.59. The molecule has 2 N–H and O–H groups in total. The number of alkyl halides is 3. The van der Waals surface area contributed by atoms with E-state index in [-0.39, 0.29) is 24.4 Å². The summed E-state index contributed by atoms with van der Waals surface area (Å²) in [5.74, 6) is -0.675. The predicted molar refractivity (Wildman–Crippen MR) is 67.4 cm³/mol. The standard InChI is InChI=1S/C13H23F3N2O/c1-3-18(8-13(14,15)16)12(19)9(2)10-5-4-6-11(17)7-10/h9-11H,3-8,17H2,1-2H3. The normalized spacial score (nSPS) is 26.0. The van der Waals surface area contributed by atoms with Crippen molar-refractivity contribution in [3.8, 4) is 0 Å². The molecular formula is C13H23F3N2O. The van der Waals surface area contributed by atoms with Crippen LogP contribution in [0.1, 0.15) is 39.5 Å². The minimum Gasteiger partial charge on any atom is -0.334 e. The Morgan fingerprint density at radius 1 is 1.42 bits per heavy atom. The van der Waals surface area contributed by atoms with Gasteiger partial charge in [-0.1, -0.05) is 13.3 Å². The molecule has 0 radical (unpaired) electrons. The lowest BCUT2D eigenvalue weighted by Crippen LogP contribution is -2.44. The molecular weight excluding hydrogens is 257 g/mol. The first kappa shape index (κ1) is 16.3. The number of carbonyl (C=O) groups excluding carboxylic acids is 1. The Morgan fingerprint density at radius 3 is 2.53 bits per heavy atom. The van der Waals surface area contributed by atoms with Crippen molar-refractivity contribution in [1.29, 1.82) is 0 Å². The summed E-state index contributed by atoms with van der Waals surface area (Å²) in [6.45, 7) is 2.22. The largest absolute Gasteiger partial charge is 0.406 e. The molecule has 112 valence electrons. The van der Waals surface area contributed by atoms with Crippen LogP contribution in [0.25, 0.3) is 0 Å². The molecule has 0 bridgehead atoms. The third-order valence-electron chi connectivity index (χ3n) is 3.92. The van der Waals surface area contributed by atoms with Crippen LogP contribution in [-0.2, 0) is 4.79 Å². The molecule has 1 rings (SSSR count). The molecule has 0 aromatic rings. The van der Waals surface area contributed by atoms with E-state index in [4.69, 9.17) is 5.73 Å². The van der Waals surface area contributed by atoms with Crippen LogP contribution in [0.4, 0.5) is 13.2 Å². The van der Waals surface area contributed by atoms with E-state index >= 15 is 0 Å². The minimum atomic E-state index is -4.34. The van der Waals surface area contributed by atoms with Crippen molar-refractivity contribution in [3.05, 3.63) is 0 Å². The van der Waals surface area contributed by atoms with Crippen molar-refractivity contribution in [2.45, 2.75) is 51.7 Å². The Kier molecular flexibility index (Phi) is 5.64. The Bertz CT molecular complexity index is 307. The van der Waals surface area contributed by atoms with E-state index in [2.05, 4.69) is 0 Å². The van der Waals surface area contributed by atoms with Gasteiger partial charge in [0.25, 0.3) is 0 Å². The van der Waals surface area contributed by atoms with Crippen LogP contribution >= 0.6 is 0 Å². The summed E-state index contributed by atoms with van der Waals surface area (Å²) in [4.78, 5) is 13.0. The SMILES string of the molecule is CCN(CC(F)(F)F)C(=O)C(C)C1CCCC(N)C1. The summed E-state index contributed by atoms with van der Waals surface area (Å²) >= 11 is 0. The molecule has 0 aromatic heterocycles. The summed E-state index contributed by atoms with van der Waals surface area (Å²) < 4.78 is 37.2. The fourth-order valence-corrected chi connectivity index (χ4v) is 2.77. The number of carbonyl (C=O) groups is 1. The van der Waals surface area contributed by atoms with Gasteiger partial charge in [-0.3, -0.25) is 4.79 Å². The maximum absolute atomic E-state index is 12.4. The zero-order valence-electron chi connectivity index (χ0n) is 11.5. The topological polar surface area (TPSA) is 46.3 Å². The second-order valence-corrected chi connectivity index (χ2v) is 5.44. The molecule has 0 aliphatic heterocycles. The number of amides is 1. The highest BCUT2D eigenvalue weighted by molar-refractivity contribution is 5.78. The highest BCUT2D eigenvalue weighted by atomic mass is 19.4. The van der Waals surface area contributed by atoms with Crippen molar-refractivity contribution < 1.29 is 18.0 Å². The minimum absolute atomic E-state index is 0.0756. The lowest BCUT2D eigenvalue weighted by Gasteiger charge is -2.33. The molecule has 0 saturated heterocycles. The molecule has 0 heterocycles. The Morgan fingerprint density at radius 2 is 2.05 bits per heavy atom. The quantitative estimate of drug-likeness (QED) is 0.860. The predicted octanol–water partition coefficient (Wildman–Crippen LogP) is 2.55. The molecule has 3 atom stereocenters. The van der Waals surface area contributed by atoms with Crippen molar-refractivity contribution in [1.82, 2.24) is 4.90 Å². The third-order valence-corrected chi connectivity index (χ3v) is 3.92. The summed E-state index contributed by atoms with van der Waals surface area (Å²) in [6, 6.07) is 0.0756. The first-order valence-electron chi connectivity index (χ1n) is 6.85. The van der Waals surface area contributed by atoms with E-state index in [0.29, 0.717) is 0 Å². The molecule has 1 amide bonds. The van der Waals surface area contributed by atoms with Crippen molar-refractivity contribution >= 4 is 5.91 Å². The summed E-state index contributed by atoms with van der Waals surface area (Å²) in [5.41, 5.74) is 5.87. The summed E-state index contributed by atoms with van der Waals surface area (Å²) in [6.07, 6.45) is -0.832. The molecule has 0 spiro atoms. The monoisotopic (exact) mass is 280 g/mol. The Hall–Kier alpha value is -0.780. The van der Waals surface area contributed by atoms with Gasteiger partial charge in [-0.15, -0.1) is 0 Å². The maximum Gasteiger partial charge on any atom is 0.406 e. The van der Waals surface area contributed by atoms with Crippen molar-refractivity contribution in [3.63, 3.8) is 0 Å². The van der Waals surface area contributed by atoms with Gasteiger partial charge in [0.15, 0.2) is 0 Å². The van der Waals surface area contributed by atoms with E-state index in [9.17, 15) is 18.0 Å². The lowest BCUT2D eigenvalue weighted by molar-refractivity contribution is -0.164. The smallest absolute Gasteiger partial charge is 0.334 e. The lowest BCUT2D eigenvalue weighted by atomic mass is 9.78. The Labute approximate surface area is 112 Å². The van der Waals surface area contributed by atoms with Gasteiger partial charge in [-0.25, -0.2) is 0 Å². The average Bonchev–Trinajstić information content (AvgIpc) is 2.33. The van der Waals surface area contributed by atoms with Gasteiger partial charge in [0, 0.05) is 18.5 Å². The van der Waals surface area contributed by atoms with Gasteiger partial charge in [0.1, 0.15) is 6.54 Å². The zero-order valence-corrected chi connectivity index (χ0v) is 11.5. The van der Waals surface area contributed by atoms with Crippen LogP contribution in [0.3, 0.4) is 0 Å². The molecule has 1 fully saturated rings. The van der Waals surface area contributed by atoms with Gasteiger partial charge in [0.2, 0.25) is 5.91 Å². The highest BCUT2D eigenvalue weighted by Crippen LogP contribution is 2.31. The van der Waals surface area contributed by atoms with Crippen LogP contribution in [0.15, 0.2) is 0 Å². The van der Waals surface area contributed by atoms with Gasteiger partial charge in [0.05, 0.1) is 0 Å². The van der Waals surface area contributed by atoms with E-state index in [1.807, 2.05) is 0 Å². The van der Waals surface area contributed by atoms with Crippen molar-refractivity contribution in [2.75, 3.05) is 13.1 Å². The number of hydrogen-bond acceptors (Lipinski definition) is 2. The van der Waals surface area contributed by atoms with Crippen LogP contribution in [-0.4, -0.2) is 36.1 Å². The third kappa shape index (κ3) is 5.01. The molecule has 1 aliphatic carbocycles. The fourth-order valence-electron chi connectivity index (χ4n) is 2.77. The van der Waals surface area contributed by atoms with E-state index in [1.165, 1.54) is 0 Å². The first-order chi connectivity index (χ1) is 8.74. The van der Waals surface area contributed by atoms with E-state index < -0.39 is 18.6 Å². The van der Waals surface area contributed by atoms with Gasteiger partial charge >= 0.3 is 6.18 Å². The average molecular weight is 280 g/mol. The zero-order chi connectivity index (χ0) is 14.6. The van der Waals surface area contributed by atoms with Crippen LogP contribution in [0.2, 0.25) is 0 Å².